The molecule has 0 aliphatic rings. The van der Waals surface area contributed by atoms with E-state index in [1.807, 2.05) is 20.8 Å². The SMILES string of the molecule is CC(C)(C)C(O)Cc1ccc([N+](=O)[O-])cc1Cl. The van der Waals surface area contributed by atoms with Gasteiger partial charge in [0.2, 0.25) is 0 Å². The summed E-state index contributed by atoms with van der Waals surface area (Å²) >= 11 is 5.95. The summed E-state index contributed by atoms with van der Waals surface area (Å²) in [5.74, 6) is 0. The van der Waals surface area contributed by atoms with E-state index in [1.54, 1.807) is 6.07 Å². The van der Waals surface area contributed by atoms with Crippen LogP contribution in [0.2, 0.25) is 5.02 Å². The van der Waals surface area contributed by atoms with Crippen molar-refractivity contribution in [3.8, 4) is 0 Å². The fourth-order valence-corrected chi connectivity index (χ4v) is 1.58. The summed E-state index contributed by atoms with van der Waals surface area (Å²) < 4.78 is 0. The van der Waals surface area contributed by atoms with Gasteiger partial charge in [0.05, 0.1) is 16.0 Å². The molecule has 0 saturated carbocycles. The van der Waals surface area contributed by atoms with Crippen LogP contribution >= 0.6 is 11.6 Å². The first-order valence-corrected chi connectivity index (χ1v) is 5.70. The third-order valence-electron chi connectivity index (χ3n) is 2.66. The summed E-state index contributed by atoms with van der Waals surface area (Å²) in [6, 6.07) is 4.30. The highest BCUT2D eigenvalue weighted by Crippen LogP contribution is 2.27. The van der Waals surface area contributed by atoms with Gasteiger partial charge < -0.3 is 5.11 Å². The summed E-state index contributed by atoms with van der Waals surface area (Å²) in [6.45, 7) is 5.78. The van der Waals surface area contributed by atoms with Crippen LogP contribution in [0.5, 0.6) is 0 Å². The zero-order valence-electron chi connectivity index (χ0n) is 10.1. The highest BCUT2D eigenvalue weighted by molar-refractivity contribution is 6.31. The van der Waals surface area contributed by atoms with Crippen LogP contribution < -0.4 is 0 Å². The minimum absolute atomic E-state index is 0.0380. The Morgan fingerprint density at radius 2 is 2.06 bits per heavy atom. The number of hydrogen-bond donors (Lipinski definition) is 1. The lowest BCUT2D eigenvalue weighted by Gasteiger charge is -2.26. The van der Waals surface area contributed by atoms with Gasteiger partial charge in [0.1, 0.15) is 0 Å². The van der Waals surface area contributed by atoms with Gasteiger partial charge in [-0.05, 0) is 11.0 Å². The molecule has 5 heteroatoms. The van der Waals surface area contributed by atoms with Crippen LogP contribution in [0.4, 0.5) is 5.69 Å². The lowest BCUT2D eigenvalue weighted by molar-refractivity contribution is -0.384. The zero-order valence-corrected chi connectivity index (χ0v) is 10.9. The fraction of sp³-hybridized carbons (Fsp3) is 0.500. The highest BCUT2D eigenvalue weighted by atomic mass is 35.5. The molecule has 0 aromatic heterocycles. The van der Waals surface area contributed by atoms with Crippen molar-refractivity contribution in [1.82, 2.24) is 0 Å². The lowest BCUT2D eigenvalue weighted by atomic mass is 9.85. The second-order valence-corrected chi connectivity index (χ2v) is 5.53. The van der Waals surface area contributed by atoms with Crippen LogP contribution in [-0.2, 0) is 6.42 Å². The minimum Gasteiger partial charge on any atom is -0.392 e. The first-order chi connectivity index (χ1) is 7.71. The molecule has 1 N–H and O–H groups in total. The molecular formula is C12H16ClNO3. The molecule has 0 fully saturated rings. The number of aliphatic hydroxyl groups is 1. The largest absolute Gasteiger partial charge is 0.392 e. The van der Waals surface area contributed by atoms with Gasteiger partial charge in [-0.3, -0.25) is 10.1 Å². The minimum atomic E-state index is -0.540. The summed E-state index contributed by atoms with van der Waals surface area (Å²) in [5, 5.41) is 20.8. The quantitative estimate of drug-likeness (QED) is 0.668. The Bertz CT molecular complexity index is 426. The van der Waals surface area contributed by atoms with Crippen LogP contribution in [0, 0.1) is 15.5 Å². The maximum absolute atomic E-state index is 10.5. The third kappa shape index (κ3) is 3.68. The van der Waals surface area contributed by atoms with E-state index in [1.165, 1.54) is 12.1 Å². The average Bonchev–Trinajstić information content (AvgIpc) is 2.19. The van der Waals surface area contributed by atoms with Crippen LogP contribution in [0.3, 0.4) is 0 Å². The summed E-state index contributed by atoms with van der Waals surface area (Å²) in [6.07, 6.45) is -0.151. The van der Waals surface area contributed by atoms with E-state index in [-0.39, 0.29) is 11.1 Å². The van der Waals surface area contributed by atoms with E-state index >= 15 is 0 Å². The van der Waals surface area contributed by atoms with E-state index in [9.17, 15) is 15.2 Å². The van der Waals surface area contributed by atoms with Gasteiger partial charge in [-0.1, -0.05) is 38.4 Å². The molecule has 0 spiro atoms. The topological polar surface area (TPSA) is 63.4 Å². The summed E-state index contributed by atoms with van der Waals surface area (Å²) in [7, 11) is 0. The Morgan fingerprint density at radius 1 is 1.47 bits per heavy atom. The molecule has 0 bridgehead atoms. The normalized spacial score (nSPS) is 13.5. The molecule has 0 heterocycles. The smallest absolute Gasteiger partial charge is 0.270 e. The van der Waals surface area contributed by atoms with Crippen LogP contribution in [0.1, 0.15) is 26.3 Å². The Balaban J connectivity index is 2.90. The molecule has 0 aliphatic carbocycles. The van der Waals surface area contributed by atoms with E-state index in [0.29, 0.717) is 11.4 Å². The van der Waals surface area contributed by atoms with Crippen molar-refractivity contribution >= 4 is 17.3 Å². The van der Waals surface area contributed by atoms with Crippen molar-refractivity contribution in [2.45, 2.75) is 33.3 Å². The molecule has 0 amide bonds. The number of non-ortho nitro benzene ring substituents is 1. The van der Waals surface area contributed by atoms with Gasteiger partial charge in [-0.25, -0.2) is 0 Å². The first kappa shape index (κ1) is 13.9. The predicted octanol–water partition coefficient (Wildman–Crippen LogP) is 3.20. The maximum atomic E-state index is 10.5. The average molecular weight is 258 g/mol. The Hall–Kier alpha value is -1.13. The van der Waals surface area contributed by atoms with E-state index < -0.39 is 11.0 Å². The van der Waals surface area contributed by atoms with Crippen molar-refractivity contribution in [3.63, 3.8) is 0 Å². The predicted molar refractivity (Wildman–Crippen MR) is 67.3 cm³/mol. The number of aliphatic hydroxyl groups excluding tert-OH is 1. The summed E-state index contributed by atoms with van der Waals surface area (Å²) in [5.41, 5.74) is 0.439. The Kier molecular flexibility index (Phi) is 4.11. The Morgan fingerprint density at radius 3 is 2.47 bits per heavy atom. The number of rotatable bonds is 3. The summed E-state index contributed by atoms with van der Waals surface area (Å²) in [4.78, 5) is 10.1. The van der Waals surface area contributed by atoms with Crippen molar-refractivity contribution in [2.24, 2.45) is 5.41 Å². The number of benzene rings is 1. The lowest BCUT2D eigenvalue weighted by Crippen LogP contribution is -2.28. The Labute approximate surface area is 105 Å². The first-order valence-electron chi connectivity index (χ1n) is 5.32. The van der Waals surface area contributed by atoms with Crippen molar-refractivity contribution in [2.75, 3.05) is 0 Å². The second kappa shape index (κ2) is 5.02. The molecule has 0 aliphatic heterocycles. The monoisotopic (exact) mass is 257 g/mol. The molecule has 1 atom stereocenters. The molecule has 1 unspecified atom stereocenters. The van der Waals surface area contributed by atoms with Gasteiger partial charge >= 0.3 is 0 Å². The maximum Gasteiger partial charge on any atom is 0.270 e. The van der Waals surface area contributed by atoms with Crippen molar-refractivity contribution in [3.05, 3.63) is 38.9 Å². The number of nitrogens with zero attached hydrogens (tertiary/aromatic N) is 1. The molecule has 1 aromatic rings. The number of hydrogen-bond acceptors (Lipinski definition) is 3. The van der Waals surface area contributed by atoms with E-state index in [0.717, 1.165) is 5.56 Å². The molecule has 0 saturated heterocycles. The third-order valence-corrected chi connectivity index (χ3v) is 3.01. The molecule has 17 heavy (non-hydrogen) atoms. The fourth-order valence-electron chi connectivity index (χ4n) is 1.33. The number of nitro groups is 1. The van der Waals surface area contributed by atoms with Crippen LogP contribution in [0.25, 0.3) is 0 Å². The zero-order chi connectivity index (χ0) is 13.2. The molecule has 1 aromatic carbocycles. The molecule has 0 radical (unpaired) electrons. The van der Waals surface area contributed by atoms with Gasteiger partial charge in [0, 0.05) is 18.6 Å². The molecule has 4 nitrogen and oxygen atoms in total. The van der Waals surface area contributed by atoms with Gasteiger partial charge in [0.15, 0.2) is 0 Å². The van der Waals surface area contributed by atoms with Crippen molar-refractivity contribution < 1.29 is 10.0 Å². The van der Waals surface area contributed by atoms with E-state index in [2.05, 4.69) is 0 Å². The van der Waals surface area contributed by atoms with E-state index in [4.69, 9.17) is 11.6 Å². The van der Waals surface area contributed by atoms with Crippen molar-refractivity contribution in [1.29, 1.82) is 0 Å². The van der Waals surface area contributed by atoms with Gasteiger partial charge in [-0.2, -0.15) is 0 Å². The number of nitro benzene ring substituents is 1. The van der Waals surface area contributed by atoms with Crippen LogP contribution in [-0.4, -0.2) is 16.1 Å². The van der Waals surface area contributed by atoms with Crippen LogP contribution in [0.15, 0.2) is 18.2 Å². The molecule has 1 rings (SSSR count). The standard InChI is InChI=1S/C12H16ClNO3/c1-12(2,3)11(15)6-8-4-5-9(14(16)17)7-10(8)13/h4-5,7,11,15H,6H2,1-3H3. The second-order valence-electron chi connectivity index (χ2n) is 5.12. The molecular weight excluding hydrogens is 242 g/mol. The van der Waals surface area contributed by atoms with Gasteiger partial charge in [-0.15, -0.1) is 0 Å². The van der Waals surface area contributed by atoms with Gasteiger partial charge in [0.25, 0.3) is 5.69 Å². The number of halogens is 1. The highest BCUT2D eigenvalue weighted by Gasteiger charge is 2.23. The molecule has 94 valence electrons.